The van der Waals surface area contributed by atoms with E-state index in [-0.39, 0.29) is 35.9 Å². The van der Waals surface area contributed by atoms with Crippen LogP contribution in [0.3, 0.4) is 0 Å². The van der Waals surface area contributed by atoms with Gasteiger partial charge in [0.15, 0.2) is 0 Å². The number of nitrogens with zero attached hydrogens (tertiary/aromatic N) is 1. The Morgan fingerprint density at radius 2 is 1.84 bits per heavy atom. The maximum Gasteiger partial charge on any atom is 0.246 e. The minimum atomic E-state index is -0.289. The molecule has 0 radical (unpaired) electrons. The molecule has 2 amide bonds. The fraction of sp³-hybridized carbons (Fsp3) is 0.867. The highest BCUT2D eigenvalue weighted by atomic mass is 16.2. The van der Waals surface area contributed by atoms with E-state index in [2.05, 4.69) is 33.0 Å². The van der Waals surface area contributed by atoms with Gasteiger partial charge in [-0.3, -0.25) is 9.59 Å². The summed E-state index contributed by atoms with van der Waals surface area (Å²) >= 11 is 0. The molecule has 1 aliphatic heterocycles. The predicted octanol–water partition coefficient (Wildman–Crippen LogP) is 1.94. The highest BCUT2D eigenvalue weighted by Crippen LogP contribution is 2.36. The van der Waals surface area contributed by atoms with Crippen LogP contribution in [0.4, 0.5) is 0 Å². The first-order chi connectivity index (χ1) is 9.01. The Morgan fingerprint density at radius 1 is 1.21 bits per heavy atom. The Bertz CT molecular complexity index is 365. The SMILES string of the molecule is CCC(C)C1C(=O)NC(C2CC2)C(=O)N1C(C)CC. The van der Waals surface area contributed by atoms with Crippen LogP contribution in [0.1, 0.15) is 53.4 Å². The fourth-order valence-corrected chi connectivity index (χ4v) is 2.92. The Labute approximate surface area is 115 Å². The molecule has 108 valence electrons. The standard InChI is InChI=1S/C15H26N2O2/c1-5-9(3)13-14(18)16-12(11-7-8-11)15(19)17(13)10(4)6-2/h9-13H,5-8H2,1-4H3,(H,16,18). The maximum atomic E-state index is 12.7. The van der Waals surface area contributed by atoms with Gasteiger partial charge in [-0.1, -0.05) is 27.2 Å². The molecule has 2 fully saturated rings. The summed E-state index contributed by atoms with van der Waals surface area (Å²) in [5.41, 5.74) is 0. The highest BCUT2D eigenvalue weighted by molar-refractivity contribution is 5.97. The van der Waals surface area contributed by atoms with Crippen LogP contribution < -0.4 is 5.32 Å². The lowest BCUT2D eigenvalue weighted by Gasteiger charge is -2.44. The second-order valence-corrected chi connectivity index (χ2v) is 6.16. The van der Waals surface area contributed by atoms with Crippen LogP contribution in [0.15, 0.2) is 0 Å². The minimum absolute atomic E-state index is 0.0474. The second kappa shape index (κ2) is 5.51. The fourth-order valence-electron chi connectivity index (χ4n) is 2.92. The van der Waals surface area contributed by atoms with Crippen LogP contribution in [-0.2, 0) is 9.59 Å². The molecule has 0 aromatic carbocycles. The molecule has 0 aromatic rings. The van der Waals surface area contributed by atoms with E-state index in [4.69, 9.17) is 0 Å². The maximum absolute atomic E-state index is 12.7. The van der Waals surface area contributed by atoms with Crippen LogP contribution in [0.25, 0.3) is 0 Å². The van der Waals surface area contributed by atoms with Crippen molar-refractivity contribution >= 4 is 11.8 Å². The monoisotopic (exact) mass is 266 g/mol. The first kappa shape index (κ1) is 14.4. The topological polar surface area (TPSA) is 49.4 Å². The zero-order chi connectivity index (χ0) is 14.2. The molecule has 0 spiro atoms. The van der Waals surface area contributed by atoms with Gasteiger partial charge in [0, 0.05) is 6.04 Å². The van der Waals surface area contributed by atoms with Gasteiger partial charge in [0.1, 0.15) is 12.1 Å². The van der Waals surface area contributed by atoms with Crippen molar-refractivity contribution in [2.24, 2.45) is 11.8 Å². The van der Waals surface area contributed by atoms with Crippen molar-refractivity contribution in [3.05, 3.63) is 0 Å². The first-order valence-corrected chi connectivity index (χ1v) is 7.63. The van der Waals surface area contributed by atoms with E-state index in [9.17, 15) is 9.59 Å². The Balaban J connectivity index is 2.26. The smallest absolute Gasteiger partial charge is 0.246 e. The molecule has 2 aliphatic rings. The first-order valence-electron chi connectivity index (χ1n) is 7.63. The molecule has 0 aromatic heterocycles. The van der Waals surface area contributed by atoms with E-state index in [1.54, 1.807) is 0 Å². The van der Waals surface area contributed by atoms with Gasteiger partial charge in [-0.05, 0) is 38.0 Å². The summed E-state index contributed by atoms with van der Waals surface area (Å²) in [7, 11) is 0. The third kappa shape index (κ3) is 2.63. The molecule has 4 atom stereocenters. The molecule has 4 nitrogen and oxygen atoms in total. The van der Waals surface area contributed by atoms with Gasteiger partial charge in [0.2, 0.25) is 11.8 Å². The summed E-state index contributed by atoms with van der Waals surface area (Å²) in [5.74, 6) is 0.770. The Hall–Kier alpha value is -1.06. The summed E-state index contributed by atoms with van der Waals surface area (Å²) in [6.07, 6.45) is 3.94. The van der Waals surface area contributed by atoms with Gasteiger partial charge in [-0.25, -0.2) is 0 Å². The molecule has 0 bridgehead atoms. The zero-order valence-electron chi connectivity index (χ0n) is 12.5. The minimum Gasteiger partial charge on any atom is -0.342 e. The van der Waals surface area contributed by atoms with Crippen molar-refractivity contribution in [3.8, 4) is 0 Å². The molecule has 1 N–H and O–H groups in total. The van der Waals surface area contributed by atoms with Crippen molar-refractivity contribution in [2.75, 3.05) is 0 Å². The van der Waals surface area contributed by atoms with E-state index in [1.807, 2.05) is 4.90 Å². The van der Waals surface area contributed by atoms with Crippen molar-refractivity contribution in [1.29, 1.82) is 0 Å². The number of carbonyl (C=O) groups is 2. The number of carbonyl (C=O) groups excluding carboxylic acids is 2. The Morgan fingerprint density at radius 3 is 2.32 bits per heavy atom. The van der Waals surface area contributed by atoms with E-state index >= 15 is 0 Å². The molecule has 4 unspecified atom stereocenters. The van der Waals surface area contributed by atoms with Crippen molar-refractivity contribution in [2.45, 2.75) is 71.5 Å². The number of amides is 2. The van der Waals surface area contributed by atoms with Gasteiger partial charge in [-0.2, -0.15) is 0 Å². The normalized spacial score (nSPS) is 31.1. The van der Waals surface area contributed by atoms with Crippen molar-refractivity contribution in [3.63, 3.8) is 0 Å². The van der Waals surface area contributed by atoms with Gasteiger partial charge in [0.25, 0.3) is 0 Å². The van der Waals surface area contributed by atoms with E-state index in [0.29, 0.717) is 5.92 Å². The third-order valence-corrected chi connectivity index (χ3v) is 4.73. The van der Waals surface area contributed by atoms with Crippen LogP contribution in [0, 0.1) is 11.8 Å². The van der Waals surface area contributed by atoms with Crippen LogP contribution in [-0.4, -0.2) is 34.8 Å². The van der Waals surface area contributed by atoms with Crippen LogP contribution in [0.2, 0.25) is 0 Å². The molecule has 2 rings (SSSR count). The number of rotatable bonds is 5. The summed E-state index contributed by atoms with van der Waals surface area (Å²) in [4.78, 5) is 27.0. The molecule has 19 heavy (non-hydrogen) atoms. The lowest BCUT2D eigenvalue weighted by Crippen LogP contribution is -2.67. The van der Waals surface area contributed by atoms with E-state index in [1.165, 1.54) is 0 Å². The average molecular weight is 266 g/mol. The molecule has 1 saturated heterocycles. The number of piperazine rings is 1. The number of hydrogen-bond donors (Lipinski definition) is 1. The highest BCUT2D eigenvalue weighted by Gasteiger charge is 2.48. The number of nitrogens with one attached hydrogen (secondary N) is 1. The Kier molecular flexibility index (Phi) is 4.16. The summed E-state index contributed by atoms with van der Waals surface area (Å²) in [6.45, 7) is 8.26. The summed E-state index contributed by atoms with van der Waals surface area (Å²) in [6, 6.07) is -0.414. The van der Waals surface area contributed by atoms with Crippen LogP contribution in [0.5, 0.6) is 0 Å². The van der Waals surface area contributed by atoms with E-state index < -0.39 is 0 Å². The molecule has 1 saturated carbocycles. The van der Waals surface area contributed by atoms with Crippen LogP contribution >= 0.6 is 0 Å². The molecular weight excluding hydrogens is 240 g/mol. The lowest BCUT2D eigenvalue weighted by molar-refractivity contribution is -0.154. The summed E-state index contributed by atoms with van der Waals surface area (Å²) < 4.78 is 0. The predicted molar refractivity (Wildman–Crippen MR) is 74.5 cm³/mol. The van der Waals surface area contributed by atoms with Crippen molar-refractivity contribution < 1.29 is 9.59 Å². The second-order valence-electron chi connectivity index (χ2n) is 6.16. The molecule has 1 heterocycles. The lowest BCUT2D eigenvalue weighted by atomic mass is 9.90. The van der Waals surface area contributed by atoms with Gasteiger partial charge < -0.3 is 10.2 Å². The average Bonchev–Trinajstić information content (AvgIpc) is 3.23. The summed E-state index contributed by atoms with van der Waals surface area (Å²) in [5, 5.41) is 2.97. The van der Waals surface area contributed by atoms with Gasteiger partial charge in [0.05, 0.1) is 0 Å². The molecular formula is C15H26N2O2. The van der Waals surface area contributed by atoms with Gasteiger partial charge >= 0.3 is 0 Å². The third-order valence-electron chi connectivity index (χ3n) is 4.73. The van der Waals surface area contributed by atoms with E-state index in [0.717, 1.165) is 25.7 Å². The van der Waals surface area contributed by atoms with Gasteiger partial charge in [-0.15, -0.1) is 0 Å². The largest absolute Gasteiger partial charge is 0.342 e. The molecule has 1 aliphatic carbocycles. The van der Waals surface area contributed by atoms with Crippen molar-refractivity contribution in [1.82, 2.24) is 10.2 Å². The quantitative estimate of drug-likeness (QED) is 0.826. The number of hydrogen-bond acceptors (Lipinski definition) is 2. The zero-order valence-corrected chi connectivity index (χ0v) is 12.5. The molecule has 4 heteroatoms.